The molecule has 0 saturated heterocycles. The minimum Gasteiger partial charge on any atom is -0.497 e. The van der Waals surface area contributed by atoms with Gasteiger partial charge in [0.15, 0.2) is 0 Å². The molecule has 2 amide bonds. The maximum absolute atomic E-state index is 12.8. The third kappa shape index (κ3) is 3.09. The summed E-state index contributed by atoms with van der Waals surface area (Å²) in [5.74, 6) is 0.930. The molecule has 2 aromatic rings. The van der Waals surface area contributed by atoms with Crippen LogP contribution in [-0.2, 0) is 10.2 Å². The number of benzene rings is 2. The summed E-state index contributed by atoms with van der Waals surface area (Å²) in [6.07, 6.45) is 4.98. The number of hydrogen-bond donors (Lipinski definition) is 2. The third-order valence-corrected chi connectivity index (χ3v) is 5.80. The lowest BCUT2D eigenvalue weighted by Crippen LogP contribution is -2.36. The van der Waals surface area contributed by atoms with Crippen LogP contribution >= 0.6 is 0 Å². The van der Waals surface area contributed by atoms with Crippen LogP contribution in [0.5, 0.6) is 11.5 Å². The molecule has 2 N–H and O–H groups in total. The SMILES string of the molecule is COc1cc(OC)cc(C(=O)Nc2ccc3c(c2)C2(CCCCC2)C(=O)N3)c1. The normalized spacial score (nSPS) is 17.0. The van der Waals surface area contributed by atoms with Crippen molar-refractivity contribution in [1.82, 2.24) is 0 Å². The quantitative estimate of drug-likeness (QED) is 0.837. The smallest absolute Gasteiger partial charge is 0.255 e. The highest BCUT2D eigenvalue weighted by atomic mass is 16.5. The van der Waals surface area contributed by atoms with Gasteiger partial charge < -0.3 is 20.1 Å². The van der Waals surface area contributed by atoms with Crippen molar-refractivity contribution in [3.63, 3.8) is 0 Å². The molecule has 0 bridgehead atoms. The van der Waals surface area contributed by atoms with Crippen molar-refractivity contribution >= 4 is 23.2 Å². The van der Waals surface area contributed by atoms with Gasteiger partial charge in [-0.2, -0.15) is 0 Å². The predicted octanol–water partition coefficient (Wildman–Crippen LogP) is 4.11. The summed E-state index contributed by atoms with van der Waals surface area (Å²) in [7, 11) is 3.09. The van der Waals surface area contributed by atoms with E-state index in [1.807, 2.05) is 18.2 Å². The molecule has 0 radical (unpaired) electrons. The summed E-state index contributed by atoms with van der Waals surface area (Å²) < 4.78 is 10.5. The molecule has 6 heteroatoms. The average molecular weight is 380 g/mol. The Labute approximate surface area is 164 Å². The van der Waals surface area contributed by atoms with Crippen molar-refractivity contribution < 1.29 is 19.1 Å². The van der Waals surface area contributed by atoms with Crippen LogP contribution < -0.4 is 20.1 Å². The highest BCUT2D eigenvalue weighted by Gasteiger charge is 2.47. The second kappa shape index (κ2) is 7.19. The second-order valence-corrected chi connectivity index (χ2v) is 7.41. The number of nitrogens with one attached hydrogen (secondary N) is 2. The molecular formula is C22H24N2O4. The largest absolute Gasteiger partial charge is 0.497 e. The number of amides is 2. The first kappa shape index (κ1) is 18.3. The molecule has 1 fully saturated rings. The molecule has 146 valence electrons. The molecule has 6 nitrogen and oxygen atoms in total. The number of rotatable bonds is 4. The Morgan fingerprint density at radius 1 is 1.00 bits per heavy atom. The molecule has 2 aliphatic rings. The van der Waals surface area contributed by atoms with Gasteiger partial charge in [-0.3, -0.25) is 9.59 Å². The summed E-state index contributed by atoms with van der Waals surface area (Å²) in [4.78, 5) is 25.5. The Bertz CT molecular complexity index is 910. The fourth-order valence-corrected chi connectivity index (χ4v) is 4.28. The molecule has 1 spiro atoms. The highest BCUT2D eigenvalue weighted by molar-refractivity contribution is 6.08. The van der Waals surface area contributed by atoms with E-state index in [1.165, 1.54) is 6.42 Å². The lowest BCUT2D eigenvalue weighted by molar-refractivity contribution is -0.121. The van der Waals surface area contributed by atoms with E-state index in [9.17, 15) is 9.59 Å². The number of methoxy groups -OCH3 is 2. The molecule has 2 aromatic carbocycles. The van der Waals surface area contributed by atoms with Gasteiger partial charge in [0.2, 0.25) is 5.91 Å². The number of carbonyl (C=O) groups excluding carboxylic acids is 2. The Hall–Kier alpha value is -3.02. The van der Waals surface area contributed by atoms with Crippen LogP contribution in [0, 0.1) is 0 Å². The molecule has 1 saturated carbocycles. The minimum atomic E-state index is -0.451. The molecule has 28 heavy (non-hydrogen) atoms. The summed E-state index contributed by atoms with van der Waals surface area (Å²) in [6, 6.07) is 10.7. The van der Waals surface area contributed by atoms with Crippen molar-refractivity contribution in [3.8, 4) is 11.5 Å². The van der Waals surface area contributed by atoms with Gasteiger partial charge in [0.1, 0.15) is 11.5 Å². The van der Waals surface area contributed by atoms with Crippen molar-refractivity contribution in [2.45, 2.75) is 37.5 Å². The van der Waals surface area contributed by atoms with Gasteiger partial charge >= 0.3 is 0 Å². The summed E-state index contributed by atoms with van der Waals surface area (Å²) in [5.41, 5.74) is 2.52. The topological polar surface area (TPSA) is 76.7 Å². The van der Waals surface area contributed by atoms with Gasteiger partial charge in [0, 0.05) is 23.0 Å². The summed E-state index contributed by atoms with van der Waals surface area (Å²) in [6.45, 7) is 0. The molecule has 1 aliphatic heterocycles. The zero-order valence-corrected chi connectivity index (χ0v) is 16.1. The molecule has 0 unspecified atom stereocenters. The second-order valence-electron chi connectivity index (χ2n) is 7.41. The Morgan fingerprint density at radius 2 is 1.68 bits per heavy atom. The number of anilines is 2. The van der Waals surface area contributed by atoms with Crippen LogP contribution in [-0.4, -0.2) is 26.0 Å². The molecule has 0 aromatic heterocycles. The van der Waals surface area contributed by atoms with E-state index in [0.717, 1.165) is 36.9 Å². The van der Waals surface area contributed by atoms with Crippen LogP contribution in [0.3, 0.4) is 0 Å². The monoisotopic (exact) mass is 380 g/mol. The third-order valence-electron chi connectivity index (χ3n) is 5.80. The molecular weight excluding hydrogens is 356 g/mol. The molecule has 1 heterocycles. The lowest BCUT2D eigenvalue weighted by Gasteiger charge is -2.31. The van der Waals surface area contributed by atoms with E-state index in [2.05, 4.69) is 10.6 Å². The Kier molecular flexibility index (Phi) is 4.71. The van der Waals surface area contributed by atoms with Gasteiger partial charge in [-0.15, -0.1) is 0 Å². The number of fused-ring (bicyclic) bond motifs is 2. The van der Waals surface area contributed by atoms with Crippen molar-refractivity contribution in [2.24, 2.45) is 0 Å². The number of ether oxygens (including phenoxy) is 2. The van der Waals surface area contributed by atoms with Gasteiger partial charge in [-0.05, 0) is 48.7 Å². The molecule has 1 aliphatic carbocycles. The fourth-order valence-electron chi connectivity index (χ4n) is 4.28. The van der Waals surface area contributed by atoms with Crippen LogP contribution in [0.1, 0.15) is 48.0 Å². The number of hydrogen-bond acceptors (Lipinski definition) is 4. The standard InChI is InChI=1S/C22H24N2O4/c1-27-16-10-14(11-17(13-16)28-2)20(25)23-15-6-7-19-18(12-15)22(21(26)24-19)8-4-3-5-9-22/h6-7,10-13H,3-5,8-9H2,1-2H3,(H,23,25)(H,24,26). The first-order valence-electron chi connectivity index (χ1n) is 9.56. The van der Waals surface area contributed by atoms with Crippen molar-refractivity contribution in [2.75, 3.05) is 24.9 Å². The van der Waals surface area contributed by atoms with E-state index < -0.39 is 5.41 Å². The van der Waals surface area contributed by atoms with E-state index in [-0.39, 0.29) is 11.8 Å². The maximum atomic E-state index is 12.8. The van der Waals surface area contributed by atoms with Gasteiger partial charge in [0.05, 0.1) is 19.6 Å². The van der Waals surface area contributed by atoms with Crippen LogP contribution in [0.15, 0.2) is 36.4 Å². The van der Waals surface area contributed by atoms with Gasteiger partial charge in [-0.25, -0.2) is 0 Å². The van der Waals surface area contributed by atoms with Crippen LogP contribution in [0.2, 0.25) is 0 Å². The lowest BCUT2D eigenvalue weighted by atomic mass is 9.70. The molecule has 4 rings (SSSR count). The first-order chi connectivity index (χ1) is 13.6. The number of carbonyl (C=O) groups is 2. The fraction of sp³-hybridized carbons (Fsp3) is 0.364. The van der Waals surface area contributed by atoms with E-state index in [4.69, 9.17) is 9.47 Å². The minimum absolute atomic E-state index is 0.0863. The zero-order valence-electron chi connectivity index (χ0n) is 16.1. The van der Waals surface area contributed by atoms with Gasteiger partial charge in [0.25, 0.3) is 5.91 Å². The van der Waals surface area contributed by atoms with Crippen LogP contribution in [0.25, 0.3) is 0 Å². The van der Waals surface area contributed by atoms with Crippen LogP contribution in [0.4, 0.5) is 11.4 Å². The first-order valence-corrected chi connectivity index (χ1v) is 9.56. The highest BCUT2D eigenvalue weighted by Crippen LogP contribution is 2.48. The Morgan fingerprint density at radius 3 is 2.32 bits per heavy atom. The van der Waals surface area contributed by atoms with E-state index in [1.54, 1.807) is 32.4 Å². The average Bonchev–Trinajstić information content (AvgIpc) is 2.99. The summed E-state index contributed by atoms with van der Waals surface area (Å²) >= 11 is 0. The van der Waals surface area contributed by atoms with E-state index >= 15 is 0 Å². The molecule has 0 atom stereocenters. The van der Waals surface area contributed by atoms with Crippen molar-refractivity contribution in [1.29, 1.82) is 0 Å². The predicted molar refractivity (Wildman–Crippen MR) is 107 cm³/mol. The maximum Gasteiger partial charge on any atom is 0.255 e. The summed E-state index contributed by atoms with van der Waals surface area (Å²) in [5, 5.41) is 5.95. The van der Waals surface area contributed by atoms with E-state index in [0.29, 0.717) is 22.7 Å². The Balaban J connectivity index is 1.62. The van der Waals surface area contributed by atoms with Crippen molar-refractivity contribution in [3.05, 3.63) is 47.5 Å². The zero-order chi connectivity index (χ0) is 19.7. The van der Waals surface area contributed by atoms with Gasteiger partial charge in [-0.1, -0.05) is 19.3 Å².